The fraction of sp³-hybridized carbons (Fsp3) is 0.242. The molecule has 1 atom stereocenters. The van der Waals surface area contributed by atoms with E-state index >= 15 is 0 Å². The number of hydrogen-bond acceptors (Lipinski definition) is 6. The molecule has 0 aliphatic carbocycles. The zero-order valence-corrected chi connectivity index (χ0v) is 25.2. The van der Waals surface area contributed by atoms with Gasteiger partial charge < -0.3 is 20.4 Å². The molecule has 3 N–H and O–H groups in total. The Bertz CT molecular complexity index is 1710. The number of hydrogen-bond donors (Lipinski definition) is 3. The first-order valence-corrected chi connectivity index (χ1v) is 15.8. The van der Waals surface area contributed by atoms with Crippen molar-refractivity contribution in [2.24, 2.45) is 0 Å². The molecule has 216 valence electrons. The van der Waals surface area contributed by atoms with Crippen LogP contribution in [0, 0.1) is 6.92 Å². The predicted molar refractivity (Wildman–Crippen MR) is 173 cm³/mol. The van der Waals surface area contributed by atoms with Gasteiger partial charge in [-0.05, 0) is 83.6 Å². The van der Waals surface area contributed by atoms with Crippen LogP contribution in [-0.2, 0) is 16.0 Å². The summed E-state index contributed by atoms with van der Waals surface area (Å²) in [6, 6.07) is 22.4. The number of carbonyl (C=O) groups excluding carboxylic acids is 3. The third-order valence-electron chi connectivity index (χ3n) is 7.14. The van der Waals surface area contributed by atoms with Crippen LogP contribution < -0.4 is 15.4 Å². The van der Waals surface area contributed by atoms with Gasteiger partial charge in [-0.2, -0.15) is 11.8 Å². The highest BCUT2D eigenvalue weighted by Gasteiger charge is 2.22. The van der Waals surface area contributed by atoms with Crippen LogP contribution in [0.15, 0.2) is 78.2 Å². The molecule has 0 aliphatic rings. The Morgan fingerprint density at radius 3 is 2.62 bits per heavy atom. The van der Waals surface area contributed by atoms with Gasteiger partial charge in [-0.25, -0.2) is 0 Å². The van der Waals surface area contributed by atoms with Crippen LogP contribution in [0.2, 0.25) is 0 Å². The second kappa shape index (κ2) is 13.7. The number of aromatic amines is 1. The Balaban J connectivity index is 1.26. The zero-order chi connectivity index (χ0) is 29.5. The number of H-pyrrole nitrogens is 1. The van der Waals surface area contributed by atoms with Crippen molar-refractivity contribution in [3.8, 4) is 5.75 Å². The standard InChI is InChI=1S/C33H33N3O4S2/c1-21-26(27-18-25(40-2)13-14-28(27)34-21)19-32(38)36-29(9-5-15-41-20-30(37)31-10-6-16-42-31)33(39)35-24-12-11-22-7-3-4-8-23(22)17-24/h3-4,6-8,10-14,16-18,29,34H,5,9,15,19-20H2,1-2H3,(H,35,39)(H,36,38)/t29-/m0/s1. The molecule has 2 aromatic heterocycles. The molecule has 3 aromatic carbocycles. The van der Waals surface area contributed by atoms with E-state index in [0.717, 1.165) is 37.8 Å². The molecule has 2 amide bonds. The highest BCUT2D eigenvalue weighted by Crippen LogP contribution is 2.27. The summed E-state index contributed by atoms with van der Waals surface area (Å²) in [7, 11) is 1.61. The van der Waals surface area contributed by atoms with Gasteiger partial charge in [-0.3, -0.25) is 14.4 Å². The fourth-order valence-electron chi connectivity index (χ4n) is 4.95. The Hall–Kier alpha value is -4.08. The number of aromatic nitrogens is 1. The smallest absolute Gasteiger partial charge is 0.246 e. The SMILES string of the molecule is COc1ccc2[nH]c(C)c(CC(=O)N[C@@H](CCCSCC(=O)c3cccs3)C(=O)Nc3ccc4ccccc4c3)c2c1. The monoisotopic (exact) mass is 599 g/mol. The van der Waals surface area contributed by atoms with Crippen LogP contribution in [-0.4, -0.2) is 47.2 Å². The molecule has 0 saturated heterocycles. The molecule has 5 rings (SSSR count). The minimum absolute atomic E-state index is 0.111. The second-order valence-corrected chi connectivity index (χ2v) is 12.1. The van der Waals surface area contributed by atoms with Crippen LogP contribution >= 0.6 is 23.1 Å². The summed E-state index contributed by atoms with van der Waals surface area (Å²) in [5, 5.41) is 10.9. The quantitative estimate of drug-likeness (QED) is 0.103. The largest absolute Gasteiger partial charge is 0.497 e. The zero-order valence-electron chi connectivity index (χ0n) is 23.6. The molecule has 5 aromatic rings. The second-order valence-electron chi connectivity index (χ2n) is 10.1. The number of benzene rings is 3. The maximum Gasteiger partial charge on any atom is 0.246 e. The van der Waals surface area contributed by atoms with E-state index in [4.69, 9.17) is 4.74 Å². The van der Waals surface area contributed by atoms with Crippen molar-refractivity contribution in [2.45, 2.75) is 32.2 Å². The normalized spacial score (nSPS) is 11.9. The predicted octanol–water partition coefficient (Wildman–Crippen LogP) is 6.76. The number of methoxy groups -OCH3 is 1. The lowest BCUT2D eigenvalue weighted by Crippen LogP contribution is -2.44. The summed E-state index contributed by atoms with van der Waals surface area (Å²) < 4.78 is 5.38. The number of carbonyl (C=O) groups is 3. The number of thiophene rings is 1. The molecule has 7 nitrogen and oxygen atoms in total. The van der Waals surface area contributed by atoms with E-state index in [-0.39, 0.29) is 24.0 Å². The number of ketones is 1. The maximum absolute atomic E-state index is 13.5. The fourth-order valence-corrected chi connectivity index (χ4v) is 6.56. The van der Waals surface area contributed by atoms with Gasteiger partial charge in [0.05, 0.1) is 24.2 Å². The lowest BCUT2D eigenvalue weighted by atomic mass is 10.1. The number of thioether (sulfide) groups is 1. The van der Waals surface area contributed by atoms with Gasteiger partial charge in [0.2, 0.25) is 11.8 Å². The molecule has 42 heavy (non-hydrogen) atoms. The highest BCUT2D eigenvalue weighted by atomic mass is 32.2. The van der Waals surface area contributed by atoms with Gasteiger partial charge in [0.1, 0.15) is 11.8 Å². The Morgan fingerprint density at radius 2 is 1.83 bits per heavy atom. The van der Waals surface area contributed by atoms with Crippen LogP contribution in [0.1, 0.15) is 33.8 Å². The Kier molecular flexibility index (Phi) is 9.61. The number of rotatable bonds is 13. The number of ether oxygens (including phenoxy) is 1. The van der Waals surface area contributed by atoms with E-state index in [1.54, 1.807) is 18.9 Å². The first-order chi connectivity index (χ1) is 20.4. The molecule has 9 heteroatoms. The average molecular weight is 600 g/mol. The van der Waals surface area contributed by atoms with E-state index in [1.807, 2.05) is 85.1 Å². The molecule has 0 aliphatic heterocycles. The highest BCUT2D eigenvalue weighted by molar-refractivity contribution is 7.99. The van der Waals surface area contributed by atoms with Gasteiger partial charge >= 0.3 is 0 Å². The van der Waals surface area contributed by atoms with Gasteiger partial charge in [0, 0.05) is 22.3 Å². The first-order valence-electron chi connectivity index (χ1n) is 13.8. The van der Waals surface area contributed by atoms with Crippen molar-refractivity contribution in [3.63, 3.8) is 0 Å². The van der Waals surface area contributed by atoms with Gasteiger partial charge in [0.25, 0.3) is 0 Å². The van der Waals surface area contributed by atoms with Crippen LogP contribution in [0.25, 0.3) is 21.7 Å². The van der Waals surface area contributed by atoms with Gasteiger partial charge in [-0.15, -0.1) is 11.3 Å². The summed E-state index contributed by atoms with van der Waals surface area (Å²) in [6.45, 7) is 1.94. The number of aryl methyl sites for hydroxylation is 1. The molecule has 0 spiro atoms. The van der Waals surface area contributed by atoms with E-state index in [2.05, 4.69) is 15.6 Å². The lowest BCUT2D eigenvalue weighted by molar-refractivity contribution is -0.126. The molecule has 0 unspecified atom stereocenters. The minimum Gasteiger partial charge on any atom is -0.497 e. The van der Waals surface area contributed by atoms with E-state index in [0.29, 0.717) is 35.8 Å². The van der Waals surface area contributed by atoms with E-state index in [9.17, 15) is 14.4 Å². The Morgan fingerprint density at radius 1 is 1.00 bits per heavy atom. The summed E-state index contributed by atoms with van der Waals surface area (Å²) in [6.07, 6.45) is 1.25. The van der Waals surface area contributed by atoms with Gasteiger partial charge in [-0.1, -0.05) is 36.4 Å². The topological polar surface area (TPSA) is 100 Å². The number of fused-ring (bicyclic) bond motifs is 2. The third kappa shape index (κ3) is 7.21. The van der Waals surface area contributed by atoms with Crippen molar-refractivity contribution >= 4 is 68.1 Å². The molecule has 0 bridgehead atoms. The summed E-state index contributed by atoms with van der Waals surface area (Å²) in [5.41, 5.74) is 3.37. The van der Waals surface area contributed by atoms with Crippen LogP contribution in [0.3, 0.4) is 0 Å². The first kappa shape index (κ1) is 29.4. The number of amides is 2. The number of anilines is 1. The maximum atomic E-state index is 13.5. The third-order valence-corrected chi connectivity index (χ3v) is 9.10. The van der Waals surface area contributed by atoms with Crippen LogP contribution in [0.5, 0.6) is 5.75 Å². The minimum atomic E-state index is -0.724. The molecule has 0 saturated carbocycles. The van der Waals surface area contributed by atoms with Gasteiger partial charge in [0.15, 0.2) is 5.78 Å². The Labute approximate surface area is 253 Å². The van der Waals surface area contributed by atoms with Crippen molar-refractivity contribution in [2.75, 3.05) is 23.9 Å². The molecule has 0 fully saturated rings. The average Bonchev–Trinajstić information content (AvgIpc) is 3.64. The number of Topliss-reactive ketones (excluding diaryl/α,β-unsaturated/α-hetero) is 1. The molecular weight excluding hydrogens is 567 g/mol. The van der Waals surface area contributed by atoms with Crippen molar-refractivity contribution in [1.29, 1.82) is 0 Å². The van der Waals surface area contributed by atoms with E-state index < -0.39 is 6.04 Å². The van der Waals surface area contributed by atoms with E-state index in [1.165, 1.54) is 11.3 Å². The summed E-state index contributed by atoms with van der Waals surface area (Å²) >= 11 is 2.99. The van der Waals surface area contributed by atoms with Crippen molar-refractivity contribution in [1.82, 2.24) is 10.3 Å². The molecular formula is C33H33N3O4S2. The summed E-state index contributed by atoms with van der Waals surface area (Å²) in [4.78, 5) is 43.2. The summed E-state index contributed by atoms with van der Waals surface area (Å²) in [5.74, 6) is 1.42. The lowest BCUT2D eigenvalue weighted by Gasteiger charge is -2.19. The molecule has 0 radical (unpaired) electrons. The number of nitrogens with one attached hydrogen (secondary N) is 3. The molecule has 2 heterocycles. The van der Waals surface area contributed by atoms with Crippen LogP contribution in [0.4, 0.5) is 5.69 Å². The van der Waals surface area contributed by atoms with Crippen molar-refractivity contribution < 1.29 is 19.1 Å². The van der Waals surface area contributed by atoms with Crippen molar-refractivity contribution in [3.05, 3.63) is 94.3 Å².